The molecule has 0 aliphatic rings. The molecule has 0 fully saturated rings. The number of esters is 1. The highest BCUT2D eigenvalue weighted by Crippen LogP contribution is 2.19. The van der Waals surface area contributed by atoms with E-state index in [1.165, 1.54) is 30.0 Å². The van der Waals surface area contributed by atoms with Gasteiger partial charge in [-0.1, -0.05) is 53.9 Å². The molecule has 27 heavy (non-hydrogen) atoms. The molecular weight excluding hydrogens is 367 g/mol. The minimum Gasteiger partial charge on any atom is -0.449 e. The van der Waals surface area contributed by atoms with Crippen LogP contribution in [0.25, 0.3) is 5.69 Å². The Bertz CT molecular complexity index is 1010. The Morgan fingerprint density at radius 2 is 1.96 bits per heavy atom. The molecule has 1 aromatic heterocycles. The zero-order valence-electron chi connectivity index (χ0n) is 14.4. The summed E-state index contributed by atoms with van der Waals surface area (Å²) >= 11 is 1.37. The number of aromatic nitrogens is 4. The lowest BCUT2D eigenvalue weighted by atomic mass is 10.2. The van der Waals surface area contributed by atoms with E-state index in [-0.39, 0.29) is 12.2 Å². The van der Waals surface area contributed by atoms with Gasteiger partial charge in [-0.3, -0.25) is 0 Å². The summed E-state index contributed by atoms with van der Waals surface area (Å²) in [5.74, 6) is 4.66. The van der Waals surface area contributed by atoms with E-state index in [2.05, 4.69) is 27.4 Å². The second-order valence-corrected chi connectivity index (χ2v) is 6.30. The van der Waals surface area contributed by atoms with Crippen LogP contribution in [0.5, 0.6) is 0 Å². The molecule has 0 atom stereocenters. The summed E-state index contributed by atoms with van der Waals surface area (Å²) in [6.45, 7) is 1.87. The fraction of sp³-hybridized carbons (Fsp3) is 0.158. The average molecular weight is 382 g/mol. The zero-order valence-corrected chi connectivity index (χ0v) is 15.2. The summed E-state index contributed by atoms with van der Waals surface area (Å²) in [4.78, 5) is 11.8. The molecule has 3 aromatic rings. The number of thioether (sulfide) groups is 1. The minimum atomic E-state index is -0.737. The van der Waals surface area contributed by atoms with Crippen LogP contribution in [0.2, 0.25) is 0 Å². The van der Waals surface area contributed by atoms with E-state index in [9.17, 15) is 9.18 Å². The first-order valence-electron chi connectivity index (χ1n) is 8.01. The highest BCUT2D eigenvalue weighted by atomic mass is 32.2. The van der Waals surface area contributed by atoms with Crippen molar-refractivity contribution in [2.75, 3.05) is 12.4 Å². The summed E-state index contributed by atoms with van der Waals surface area (Å²) < 4.78 is 20.1. The fourth-order valence-electron chi connectivity index (χ4n) is 2.23. The highest BCUT2D eigenvalue weighted by Gasteiger charge is 2.11. The average Bonchev–Trinajstić information content (AvgIpc) is 3.13. The van der Waals surface area contributed by atoms with Gasteiger partial charge < -0.3 is 4.74 Å². The number of hydrogen-bond donors (Lipinski definition) is 0. The van der Waals surface area contributed by atoms with E-state index in [0.717, 1.165) is 11.3 Å². The normalized spacial score (nSPS) is 10.1. The van der Waals surface area contributed by atoms with Crippen LogP contribution < -0.4 is 0 Å². The Hall–Kier alpha value is -3.18. The van der Waals surface area contributed by atoms with E-state index in [1.807, 2.05) is 31.2 Å². The molecule has 0 unspecified atom stereocenters. The molecule has 0 spiro atoms. The van der Waals surface area contributed by atoms with Gasteiger partial charge in [0.15, 0.2) is 6.61 Å². The molecule has 1 heterocycles. The van der Waals surface area contributed by atoms with Gasteiger partial charge >= 0.3 is 5.97 Å². The predicted octanol–water partition coefficient (Wildman–Crippen LogP) is 3.06. The molecule has 0 aliphatic heterocycles. The van der Waals surface area contributed by atoms with E-state index < -0.39 is 11.8 Å². The lowest BCUT2D eigenvalue weighted by molar-refractivity contribution is 0.0551. The standard InChI is InChI=1S/C19H15FN4O2S/c1-14-8-2-5-11-17(14)24-19(21-22-23-24)27-13-7-6-12-26-18(25)15-9-3-4-10-16(15)20/h2-5,8-11H,12-13H2,1H3. The molecule has 6 nitrogen and oxygen atoms in total. The summed E-state index contributed by atoms with van der Waals surface area (Å²) in [5.41, 5.74) is 1.85. The van der Waals surface area contributed by atoms with Gasteiger partial charge in [-0.25, -0.2) is 9.18 Å². The van der Waals surface area contributed by atoms with Crippen LogP contribution in [-0.2, 0) is 4.74 Å². The molecule has 0 saturated carbocycles. The largest absolute Gasteiger partial charge is 0.449 e. The molecule has 0 bridgehead atoms. The number of nitrogens with zero attached hydrogens (tertiary/aromatic N) is 4. The smallest absolute Gasteiger partial charge is 0.342 e. The van der Waals surface area contributed by atoms with Crippen molar-refractivity contribution >= 4 is 17.7 Å². The number of halogens is 1. The molecule has 8 heteroatoms. The first-order valence-corrected chi connectivity index (χ1v) is 9.00. The summed E-state index contributed by atoms with van der Waals surface area (Å²) in [5, 5.41) is 12.3. The van der Waals surface area contributed by atoms with Crippen LogP contribution in [0.15, 0.2) is 53.7 Å². The number of tetrazole rings is 1. The zero-order chi connectivity index (χ0) is 19.1. The van der Waals surface area contributed by atoms with E-state index in [4.69, 9.17) is 4.74 Å². The SMILES string of the molecule is Cc1ccccc1-n1nnnc1SCC#CCOC(=O)c1ccccc1F. The number of rotatable bonds is 5. The number of aryl methyl sites for hydroxylation is 1. The highest BCUT2D eigenvalue weighted by molar-refractivity contribution is 7.99. The van der Waals surface area contributed by atoms with Crippen LogP contribution in [0.1, 0.15) is 15.9 Å². The first kappa shape index (κ1) is 18.6. The second-order valence-electron chi connectivity index (χ2n) is 5.36. The monoisotopic (exact) mass is 382 g/mol. The van der Waals surface area contributed by atoms with Crippen molar-refractivity contribution in [3.63, 3.8) is 0 Å². The Balaban J connectivity index is 1.52. The van der Waals surface area contributed by atoms with Crippen molar-refractivity contribution in [2.24, 2.45) is 0 Å². The molecule has 0 saturated heterocycles. The van der Waals surface area contributed by atoms with Gasteiger partial charge in [-0.2, -0.15) is 4.68 Å². The van der Waals surface area contributed by atoms with Gasteiger partial charge in [0.1, 0.15) is 5.82 Å². The molecule has 0 radical (unpaired) electrons. The number of carbonyl (C=O) groups is 1. The van der Waals surface area contributed by atoms with Crippen LogP contribution in [0, 0.1) is 24.6 Å². The number of benzene rings is 2. The van der Waals surface area contributed by atoms with Crippen LogP contribution in [0.3, 0.4) is 0 Å². The van der Waals surface area contributed by atoms with Crippen LogP contribution in [-0.4, -0.2) is 38.5 Å². The Morgan fingerprint density at radius 3 is 2.78 bits per heavy atom. The Kier molecular flexibility index (Phi) is 6.18. The molecule has 0 aliphatic carbocycles. The van der Waals surface area contributed by atoms with Crippen molar-refractivity contribution in [1.82, 2.24) is 20.2 Å². The van der Waals surface area contributed by atoms with Gasteiger partial charge in [0.25, 0.3) is 0 Å². The van der Waals surface area contributed by atoms with Crippen molar-refractivity contribution in [1.29, 1.82) is 0 Å². The van der Waals surface area contributed by atoms with Crippen LogP contribution in [0.4, 0.5) is 4.39 Å². The van der Waals surface area contributed by atoms with E-state index in [0.29, 0.717) is 10.9 Å². The second kappa shape index (κ2) is 8.96. The lowest BCUT2D eigenvalue weighted by Crippen LogP contribution is -2.07. The molecule has 0 N–H and O–H groups in total. The molecule has 136 valence electrons. The Morgan fingerprint density at radius 1 is 1.19 bits per heavy atom. The maximum Gasteiger partial charge on any atom is 0.342 e. The van der Waals surface area contributed by atoms with E-state index in [1.54, 1.807) is 10.7 Å². The maximum atomic E-state index is 13.5. The topological polar surface area (TPSA) is 69.9 Å². The van der Waals surface area contributed by atoms with Crippen molar-refractivity contribution in [2.45, 2.75) is 12.1 Å². The van der Waals surface area contributed by atoms with Crippen molar-refractivity contribution in [3.05, 3.63) is 65.5 Å². The third kappa shape index (κ3) is 4.71. The number of para-hydroxylation sites is 1. The first-order chi connectivity index (χ1) is 13.2. The number of hydrogen-bond acceptors (Lipinski definition) is 6. The van der Waals surface area contributed by atoms with Gasteiger partial charge in [-0.15, -0.1) is 5.10 Å². The minimum absolute atomic E-state index is 0.105. The quantitative estimate of drug-likeness (QED) is 0.384. The van der Waals surface area contributed by atoms with Crippen molar-refractivity contribution < 1.29 is 13.9 Å². The van der Waals surface area contributed by atoms with Crippen molar-refractivity contribution in [3.8, 4) is 17.5 Å². The van der Waals surface area contributed by atoms with E-state index >= 15 is 0 Å². The van der Waals surface area contributed by atoms with Gasteiger partial charge in [0.05, 0.1) is 17.0 Å². The lowest BCUT2D eigenvalue weighted by Gasteiger charge is -2.05. The fourth-order valence-corrected chi connectivity index (χ4v) is 2.88. The summed E-state index contributed by atoms with van der Waals surface area (Å²) in [6.07, 6.45) is 0. The Labute approximate surface area is 159 Å². The number of carbonyl (C=O) groups excluding carboxylic acids is 1. The van der Waals surface area contributed by atoms with Gasteiger partial charge in [0.2, 0.25) is 5.16 Å². The summed E-state index contributed by atoms with van der Waals surface area (Å²) in [7, 11) is 0. The molecule has 0 amide bonds. The van der Waals surface area contributed by atoms with Gasteiger partial charge in [-0.05, 0) is 41.1 Å². The summed E-state index contributed by atoms with van der Waals surface area (Å²) in [6, 6.07) is 13.4. The maximum absolute atomic E-state index is 13.5. The third-order valence-corrected chi connectivity index (χ3v) is 4.35. The van der Waals surface area contributed by atoms with Gasteiger partial charge in [0, 0.05) is 0 Å². The molecule has 3 rings (SSSR count). The molecular formula is C19H15FN4O2S. The number of ether oxygens (including phenoxy) is 1. The predicted molar refractivity (Wildman–Crippen MR) is 99.1 cm³/mol. The molecule has 2 aromatic carbocycles. The van der Waals surface area contributed by atoms with Crippen LogP contribution >= 0.6 is 11.8 Å². The third-order valence-electron chi connectivity index (χ3n) is 3.55.